The fourth-order valence-electron chi connectivity index (χ4n) is 0.819. The lowest BCUT2D eigenvalue weighted by Crippen LogP contribution is -2.24. The summed E-state index contributed by atoms with van der Waals surface area (Å²) in [6.07, 6.45) is -0.287. The standard InChI is InChI=1S/C10H22O4/c1-10(2,3)14-7-6-13-8-9(11-4)12-5/h9H,6-8H2,1-5H3. The van der Waals surface area contributed by atoms with Crippen LogP contribution in [0.1, 0.15) is 20.8 Å². The molecule has 0 rings (SSSR count). The quantitative estimate of drug-likeness (QED) is 0.466. The summed E-state index contributed by atoms with van der Waals surface area (Å²) in [5.41, 5.74) is -0.106. The SMILES string of the molecule is COC(COCCOC(C)(C)C)OC. The van der Waals surface area contributed by atoms with E-state index in [1.54, 1.807) is 14.2 Å². The molecule has 0 aliphatic heterocycles. The summed E-state index contributed by atoms with van der Waals surface area (Å²) >= 11 is 0. The van der Waals surface area contributed by atoms with Crippen molar-refractivity contribution in [3.05, 3.63) is 0 Å². The van der Waals surface area contributed by atoms with E-state index in [4.69, 9.17) is 18.9 Å². The second-order valence-electron chi connectivity index (χ2n) is 3.94. The van der Waals surface area contributed by atoms with Crippen molar-refractivity contribution in [3.8, 4) is 0 Å². The third-order valence-corrected chi connectivity index (χ3v) is 1.54. The molecule has 0 aliphatic rings. The van der Waals surface area contributed by atoms with Gasteiger partial charge in [-0.3, -0.25) is 0 Å². The highest BCUT2D eigenvalue weighted by atomic mass is 16.7. The largest absolute Gasteiger partial charge is 0.374 e. The van der Waals surface area contributed by atoms with Crippen molar-refractivity contribution in [2.24, 2.45) is 0 Å². The lowest BCUT2D eigenvalue weighted by atomic mass is 10.2. The molecular weight excluding hydrogens is 184 g/mol. The Labute approximate surface area is 86.5 Å². The molecule has 0 saturated carbocycles. The van der Waals surface area contributed by atoms with Gasteiger partial charge in [0.25, 0.3) is 0 Å². The minimum atomic E-state index is -0.287. The van der Waals surface area contributed by atoms with Crippen molar-refractivity contribution >= 4 is 0 Å². The molecule has 14 heavy (non-hydrogen) atoms. The van der Waals surface area contributed by atoms with Gasteiger partial charge in [0.05, 0.1) is 25.4 Å². The Kier molecular flexibility index (Phi) is 7.09. The molecule has 4 nitrogen and oxygen atoms in total. The molecule has 0 saturated heterocycles. The summed E-state index contributed by atoms with van der Waals surface area (Å²) in [5.74, 6) is 0. The highest BCUT2D eigenvalue weighted by Crippen LogP contribution is 2.05. The Morgan fingerprint density at radius 1 is 1.00 bits per heavy atom. The molecule has 0 N–H and O–H groups in total. The molecule has 0 unspecified atom stereocenters. The van der Waals surface area contributed by atoms with Crippen LogP contribution >= 0.6 is 0 Å². The summed E-state index contributed by atoms with van der Waals surface area (Å²) < 4.78 is 20.7. The average molecular weight is 206 g/mol. The predicted octanol–water partition coefficient (Wildman–Crippen LogP) is 1.44. The van der Waals surface area contributed by atoms with Gasteiger partial charge < -0.3 is 18.9 Å². The lowest BCUT2D eigenvalue weighted by Gasteiger charge is -2.20. The van der Waals surface area contributed by atoms with Gasteiger partial charge in [-0.25, -0.2) is 0 Å². The van der Waals surface area contributed by atoms with Crippen LogP contribution in [0.15, 0.2) is 0 Å². The van der Waals surface area contributed by atoms with E-state index in [1.807, 2.05) is 20.8 Å². The smallest absolute Gasteiger partial charge is 0.180 e. The molecule has 0 bridgehead atoms. The van der Waals surface area contributed by atoms with Crippen LogP contribution in [-0.4, -0.2) is 45.9 Å². The van der Waals surface area contributed by atoms with Gasteiger partial charge in [0.2, 0.25) is 0 Å². The van der Waals surface area contributed by atoms with Gasteiger partial charge >= 0.3 is 0 Å². The van der Waals surface area contributed by atoms with Crippen LogP contribution < -0.4 is 0 Å². The Balaban J connectivity index is 3.29. The monoisotopic (exact) mass is 206 g/mol. The van der Waals surface area contributed by atoms with Crippen LogP contribution in [0.25, 0.3) is 0 Å². The van der Waals surface area contributed by atoms with Crippen LogP contribution in [-0.2, 0) is 18.9 Å². The summed E-state index contributed by atoms with van der Waals surface area (Å²) in [5, 5.41) is 0. The van der Waals surface area contributed by atoms with Crippen LogP contribution in [0.3, 0.4) is 0 Å². The fraction of sp³-hybridized carbons (Fsp3) is 1.00. The Bertz CT molecular complexity index is 127. The molecule has 0 fully saturated rings. The molecule has 0 spiro atoms. The molecule has 4 heteroatoms. The molecule has 0 aromatic rings. The maximum atomic E-state index is 5.47. The molecule has 0 aromatic heterocycles. The molecule has 0 aromatic carbocycles. The van der Waals surface area contributed by atoms with Crippen LogP contribution in [0.5, 0.6) is 0 Å². The molecule has 0 amide bonds. The van der Waals surface area contributed by atoms with Crippen molar-refractivity contribution in [3.63, 3.8) is 0 Å². The lowest BCUT2D eigenvalue weighted by molar-refractivity contribution is -0.146. The molecule has 0 aliphatic carbocycles. The van der Waals surface area contributed by atoms with E-state index in [-0.39, 0.29) is 11.9 Å². The Hall–Kier alpha value is -0.160. The number of methoxy groups -OCH3 is 2. The molecular formula is C10H22O4. The van der Waals surface area contributed by atoms with Crippen molar-refractivity contribution in [1.82, 2.24) is 0 Å². The number of hydrogen-bond acceptors (Lipinski definition) is 4. The first-order valence-electron chi connectivity index (χ1n) is 4.77. The summed E-state index contributed by atoms with van der Waals surface area (Å²) in [6.45, 7) is 7.62. The number of hydrogen-bond donors (Lipinski definition) is 0. The zero-order valence-corrected chi connectivity index (χ0v) is 9.83. The molecule has 0 atom stereocenters. The van der Waals surface area contributed by atoms with E-state index >= 15 is 0 Å². The van der Waals surface area contributed by atoms with E-state index in [1.165, 1.54) is 0 Å². The van der Waals surface area contributed by atoms with E-state index in [0.29, 0.717) is 19.8 Å². The van der Waals surface area contributed by atoms with Crippen LogP contribution in [0.4, 0.5) is 0 Å². The normalized spacial score (nSPS) is 12.4. The first-order chi connectivity index (χ1) is 6.49. The summed E-state index contributed by atoms with van der Waals surface area (Å²) in [7, 11) is 3.17. The van der Waals surface area contributed by atoms with Gasteiger partial charge in [-0.2, -0.15) is 0 Å². The van der Waals surface area contributed by atoms with E-state index in [9.17, 15) is 0 Å². The zero-order valence-electron chi connectivity index (χ0n) is 9.83. The van der Waals surface area contributed by atoms with Gasteiger partial charge in [0, 0.05) is 14.2 Å². The minimum absolute atomic E-state index is 0.106. The minimum Gasteiger partial charge on any atom is -0.374 e. The third-order valence-electron chi connectivity index (χ3n) is 1.54. The van der Waals surface area contributed by atoms with Crippen molar-refractivity contribution in [1.29, 1.82) is 0 Å². The fourth-order valence-corrected chi connectivity index (χ4v) is 0.819. The van der Waals surface area contributed by atoms with Gasteiger partial charge in [-0.1, -0.05) is 0 Å². The maximum absolute atomic E-state index is 5.47. The second-order valence-corrected chi connectivity index (χ2v) is 3.94. The van der Waals surface area contributed by atoms with Crippen LogP contribution in [0.2, 0.25) is 0 Å². The van der Waals surface area contributed by atoms with Crippen molar-refractivity contribution in [2.45, 2.75) is 32.7 Å². The molecule has 0 heterocycles. The predicted molar refractivity (Wildman–Crippen MR) is 54.3 cm³/mol. The highest BCUT2D eigenvalue weighted by molar-refractivity contribution is 4.57. The number of rotatable bonds is 7. The van der Waals surface area contributed by atoms with E-state index in [0.717, 1.165) is 0 Å². The van der Waals surface area contributed by atoms with E-state index < -0.39 is 0 Å². The third kappa shape index (κ3) is 8.44. The van der Waals surface area contributed by atoms with Gasteiger partial charge in [0.15, 0.2) is 6.29 Å². The first-order valence-corrected chi connectivity index (χ1v) is 4.77. The maximum Gasteiger partial charge on any atom is 0.180 e. The summed E-state index contributed by atoms with van der Waals surface area (Å²) in [6, 6.07) is 0. The van der Waals surface area contributed by atoms with Gasteiger partial charge in [-0.05, 0) is 20.8 Å². The van der Waals surface area contributed by atoms with E-state index in [2.05, 4.69) is 0 Å². The topological polar surface area (TPSA) is 36.9 Å². The van der Waals surface area contributed by atoms with Gasteiger partial charge in [-0.15, -0.1) is 0 Å². The second kappa shape index (κ2) is 7.17. The molecule has 86 valence electrons. The number of ether oxygens (including phenoxy) is 4. The summed E-state index contributed by atoms with van der Waals surface area (Å²) in [4.78, 5) is 0. The first kappa shape index (κ1) is 13.8. The Morgan fingerprint density at radius 2 is 1.57 bits per heavy atom. The highest BCUT2D eigenvalue weighted by Gasteiger charge is 2.09. The molecule has 0 radical (unpaired) electrons. The zero-order chi connectivity index (χ0) is 11.0. The van der Waals surface area contributed by atoms with Crippen molar-refractivity contribution < 1.29 is 18.9 Å². The van der Waals surface area contributed by atoms with Crippen molar-refractivity contribution in [2.75, 3.05) is 34.0 Å². The van der Waals surface area contributed by atoms with Crippen LogP contribution in [0, 0.1) is 0 Å². The average Bonchev–Trinajstić information content (AvgIpc) is 2.09. The van der Waals surface area contributed by atoms with Gasteiger partial charge in [0.1, 0.15) is 0 Å². The Morgan fingerprint density at radius 3 is 2.00 bits per heavy atom.